The Morgan fingerprint density at radius 2 is 2.06 bits per heavy atom. The van der Waals surface area contributed by atoms with E-state index in [2.05, 4.69) is 5.32 Å². The van der Waals surface area contributed by atoms with Gasteiger partial charge >= 0.3 is 5.97 Å². The Morgan fingerprint density at radius 3 is 2.56 bits per heavy atom. The normalized spacial score (nSPS) is 12.1. The third-order valence-corrected chi connectivity index (χ3v) is 2.19. The van der Waals surface area contributed by atoms with E-state index in [1.807, 2.05) is 38.1 Å². The van der Waals surface area contributed by atoms with E-state index in [0.29, 0.717) is 12.3 Å². The summed E-state index contributed by atoms with van der Waals surface area (Å²) in [7, 11) is 0. The zero-order valence-corrected chi connectivity index (χ0v) is 9.56. The van der Waals surface area contributed by atoms with Crippen LogP contribution < -0.4 is 10.1 Å². The molecule has 16 heavy (non-hydrogen) atoms. The number of ether oxygens (including phenoxy) is 1. The number of nitrogens with one attached hydrogen (secondary N) is 1. The van der Waals surface area contributed by atoms with Gasteiger partial charge in [-0.25, -0.2) is 0 Å². The molecule has 0 saturated heterocycles. The SMILES string of the molecule is CCNC(COc1ccc(C)cc1)C(=O)O. The molecular weight excluding hydrogens is 206 g/mol. The number of hydrogen-bond acceptors (Lipinski definition) is 3. The van der Waals surface area contributed by atoms with Gasteiger partial charge in [0.05, 0.1) is 0 Å². The van der Waals surface area contributed by atoms with E-state index in [9.17, 15) is 4.79 Å². The van der Waals surface area contributed by atoms with Gasteiger partial charge in [-0.15, -0.1) is 0 Å². The first-order valence-corrected chi connectivity index (χ1v) is 5.29. The van der Waals surface area contributed by atoms with E-state index in [1.54, 1.807) is 0 Å². The molecule has 0 aromatic heterocycles. The van der Waals surface area contributed by atoms with Crippen LogP contribution >= 0.6 is 0 Å². The molecule has 1 aromatic carbocycles. The molecule has 1 rings (SSSR count). The Kier molecular flexibility index (Phi) is 4.79. The Hall–Kier alpha value is -1.55. The van der Waals surface area contributed by atoms with Gasteiger partial charge < -0.3 is 15.2 Å². The van der Waals surface area contributed by atoms with Gasteiger partial charge in [-0.2, -0.15) is 0 Å². The van der Waals surface area contributed by atoms with Crippen LogP contribution in [0.1, 0.15) is 12.5 Å². The highest BCUT2D eigenvalue weighted by molar-refractivity contribution is 5.73. The van der Waals surface area contributed by atoms with Gasteiger partial charge in [0.25, 0.3) is 0 Å². The first kappa shape index (κ1) is 12.5. The van der Waals surface area contributed by atoms with Crippen molar-refractivity contribution in [3.63, 3.8) is 0 Å². The summed E-state index contributed by atoms with van der Waals surface area (Å²) in [5.41, 5.74) is 1.15. The Morgan fingerprint density at radius 1 is 1.44 bits per heavy atom. The second kappa shape index (κ2) is 6.12. The van der Waals surface area contributed by atoms with Crippen molar-refractivity contribution in [1.29, 1.82) is 0 Å². The minimum Gasteiger partial charge on any atom is -0.491 e. The zero-order valence-electron chi connectivity index (χ0n) is 9.56. The van der Waals surface area contributed by atoms with E-state index >= 15 is 0 Å². The molecule has 1 unspecified atom stereocenters. The minimum absolute atomic E-state index is 0.131. The molecular formula is C12H17NO3. The predicted molar refractivity (Wildman–Crippen MR) is 61.8 cm³/mol. The van der Waals surface area contributed by atoms with Crippen molar-refractivity contribution < 1.29 is 14.6 Å². The summed E-state index contributed by atoms with van der Waals surface area (Å²) in [5.74, 6) is -0.205. The summed E-state index contributed by atoms with van der Waals surface area (Å²) < 4.78 is 5.39. The van der Waals surface area contributed by atoms with Crippen molar-refractivity contribution in [1.82, 2.24) is 5.32 Å². The largest absolute Gasteiger partial charge is 0.491 e. The molecule has 0 amide bonds. The smallest absolute Gasteiger partial charge is 0.324 e. The van der Waals surface area contributed by atoms with Crippen molar-refractivity contribution in [3.8, 4) is 5.75 Å². The topological polar surface area (TPSA) is 58.6 Å². The van der Waals surface area contributed by atoms with E-state index in [0.717, 1.165) is 5.56 Å². The Balaban J connectivity index is 2.48. The number of carboxylic acids is 1. The number of aryl methyl sites for hydroxylation is 1. The summed E-state index contributed by atoms with van der Waals surface area (Å²) in [6.07, 6.45) is 0. The maximum absolute atomic E-state index is 10.8. The summed E-state index contributed by atoms with van der Waals surface area (Å²) in [4.78, 5) is 10.8. The van der Waals surface area contributed by atoms with Gasteiger partial charge in [0.15, 0.2) is 0 Å². The maximum atomic E-state index is 10.8. The van der Waals surface area contributed by atoms with Gasteiger partial charge in [0.2, 0.25) is 0 Å². The third kappa shape index (κ3) is 3.90. The molecule has 0 fully saturated rings. The standard InChI is InChI=1S/C12H17NO3/c1-3-13-11(12(14)15)8-16-10-6-4-9(2)5-7-10/h4-7,11,13H,3,8H2,1-2H3,(H,14,15). The van der Waals surface area contributed by atoms with E-state index in [-0.39, 0.29) is 6.61 Å². The van der Waals surface area contributed by atoms with Gasteiger partial charge in [-0.3, -0.25) is 4.79 Å². The van der Waals surface area contributed by atoms with E-state index < -0.39 is 12.0 Å². The summed E-state index contributed by atoms with van der Waals surface area (Å²) in [6, 6.07) is 6.86. The molecule has 4 nitrogen and oxygen atoms in total. The highest BCUT2D eigenvalue weighted by atomic mass is 16.5. The van der Waals surface area contributed by atoms with Crippen LogP contribution in [0.4, 0.5) is 0 Å². The fourth-order valence-corrected chi connectivity index (χ4v) is 1.28. The molecule has 2 N–H and O–H groups in total. The number of carbonyl (C=O) groups is 1. The van der Waals surface area contributed by atoms with Gasteiger partial charge in [-0.05, 0) is 25.6 Å². The number of benzene rings is 1. The van der Waals surface area contributed by atoms with Crippen molar-refractivity contribution in [2.75, 3.05) is 13.2 Å². The van der Waals surface area contributed by atoms with Crippen LogP contribution in [0.5, 0.6) is 5.75 Å². The molecule has 0 spiro atoms. The fraction of sp³-hybridized carbons (Fsp3) is 0.417. The van der Waals surface area contributed by atoms with Gasteiger partial charge in [-0.1, -0.05) is 24.6 Å². The molecule has 1 atom stereocenters. The monoisotopic (exact) mass is 223 g/mol. The lowest BCUT2D eigenvalue weighted by Gasteiger charge is -2.14. The Bertz CT molecular complexity index is 335. The second-order valence-corrected chi connectivity index (χ2v) is 3.57. The molecule has 0 radical (unpaired) electrons. The fourth-order valence-electron chi connectivity index (χ4n) is 1.28. The summed E-state index contributed by atoms with van der Waals surface area (Å²) >= 11 is 0. The van der Waals surface area contributed by atoms with Crippen molar-refractivity contribution in [3.05, 3.63) is 29.8 Å². The lowest BCUT2D eigenvalue weighted by Crippen LogP contribution is -2.41. The molecule has 1 aromatic rings. The van der Waals surface area contributed by atoms with E-state index in [1.165, 1.54) is 0 Å². The number of hydrogen-bond donors (Lipinski definition) is 2. The van der Waals surface area contributed by atoms with Crippen LogP contribution in [0.2, 0.25) is 0 Å². The van der Waals surface area contributed by atoms with Crippen molar-refractivity contribution in [2.24, 2.45) is 0 Å². The zero-order chi connectivity index (χ0) is 12.0. The first-order chi connectivity index (χ1) is 7.63. The number of likely N-dealkylation sites (N-methyl/N-ethyl adjacent to an activating group) is 1. The summed E-state index contributed by atoms with van der Waals surface area (Å²) in [5, 5.41) is 11.7. The predicted octanol–water partition coefficient (Wildman–Crippen LogP) is 1.44. The highest BCUT2D eigenvalue weighted by Gasteiger charge is 2.16. The van der Waals surface area contributed by atoms with Crippen LogP contribution in [0, 0.1) is 6.92 Å². The lowest BCUT2D eigenvalue weighted by atomic mass is 10.2. The molecule has 4 heteroatoms. The lowest BCUT2D eigenvalue weighted by molar-refractivity contribution is -0.140. The van der Waals surface area contributed by atoms with Crippen LogP contribution in [0.15, 0.2) is 24.3 Å². The van der Waals surface area contributed by atoms with Crippen LogP contribution in [0.25, 0.3) is 0 Å². The molecule has 0 aliphatic heterocycles. The second-order valence-electron chi connectivity index (χ2n) is 3.57. The van der Waals surface area contributed by atoms with Gasteiger partial charge in [0.1, 0.15) is 18.4 Å². The van der Waals surface area contributed by atoms with Gasteiger partial charge in [0, 0.05) is 0 Å². The first-order valence-electron chi connectivity index (χ1n) is 5.29. The van der Waals surface area contributed by atoms with Crippen LogP contribution in [-0.2, 0) is 4.79 Å². The average Bonchev–Trinajstić information content (AvgIpc) is 2.26. The number of aliphatic carboxylic acids is 1. The minimum atomic E-state index is -0.894. The third-order valence-electron chi connectivity index (χ3n) is 2.19. The summed E-state index contributed by atoms with van der Waals surface area (Å²) in [6.45, 7) is 4.59. The quantitative estimate of drug-likeness (QED) is 0.766. The number of carboxylic acid groups (broad SMARTS) is 1. The molecule has 88 valence electrons. The molecule has 0 aliphatic rings. The maximum Gasteiger partial charge on any atom is 0.324 e. The average molecular weight is 223 g/mol. The van der Waals surface area contributed by atoms with Crippen molar-refractivity contribution in [2.45, 2.75) is 19.9 Å². The van der Waals surface area contributed by atoms with Crippen LogP contribution in [0.3, 0.4) is 0 Å². The highest BCUT2D eigenvalue weighted by Crippen LogP contribution is 2.11. The molecule has 0 heterocycles. The molecule has 0 saturated carbocycles. The molecule has 0 aliphatic carbocycles. The van der Waals surface area contributed by atoms with Crippen molar-refractivity contribution >= 4 is 5.97 Å². The van der Waals surface area contributed by atoms with Crippen LogP contribution in [-0.4, -0.2) is 30.3 Å². The Labute approximate surface area is 95.2 Å². The van der Waals surface area contributed by atoms with E-state index in [4.69, 9.17) is 9.84 Å². The number of rotatable bonds is 6. The molecule has 0 bridgehead atoms.